The van der Waals surface area contributed by atoms with Crippen molar-refractivity contribution in [2.45, 2.75) is 72.0 Å². The Morgan fingerprint density at radius 1 is 0.939 bits per heavy atom. The quantitative estimate of drug-likeness (QED) is 0.477. The van der Waals surface area contributed by atoms with Crippen LogP contribution in [0.1, 0.15) is 57.2 Å². The molecule has 0 aliphatic carbocycles. The molecule has 4 nitrogen and oxygen atoms in total. The lowest BCUT2D eigenvalue weighted by Gasteiger charge is -2.33. The second kappa shape index (κ2) is 10.7. The monoisotopic (exact) mass is 444 g/mol. The molecule has 0 heterocycles. The Kier molecular flexibility index (Phi) is 7.91. The van der Waals surface area contributed by atoms with Crippen molar-refractivity contribution in [2.75, 3.05) is 0 Å². The Bertz CT molecular complexity index is 1090. The summed E-state index contributed by atoms with van der Waals surface area (Å²) in [4.78, 5) is 28.4. The molecule has 0 unspecified atom stereocenters. The average molecular weight is 445 g/mol. The summed E-state index contributed by atoms with van der Waals surface area (Å²) in [5, 5.41) is 5.42. The highest BCUT2D eigenvalue weighted by molar-refractivity contribution is 5.89. The third-order valence-corrected chi connectivity index (χ3v) is 5.85. The molecule has 0 aromatic heterocycles. The van der Waals surface area contributed by atoms with E-state index < -0.39 is 6.04 Å². The predicted octanol–water partition coefficient (Wildman–Crippen LogP) is 5.80. The van der Waals surface area contributed by atoms with Gasteiger partial charge >= 0.3 is 0 Å². The van der Waals surface area contributed by atoms with E-state index in [4.69, 9.17) is 0 Å². The minimum Gasteiger partial charge on any atom is -0.350 e. The number of carbonyl (C=O) groups excluding carboxylic acids is 2. The number of hydrogen-bond donors (Lipinski definition) is 1. The van der Waals surface area contributed by atoms with Crippen LogP contribution in [0, 0.1) is 6.92 Å². The zero-order chi connectivity index (χ0) is 24.0. The summed E-state index contributed by atoms with van der Waals surface area (Å²) in [7, 11) is 0. The summed E-state index contributed by atoms with van der Waals surface area (Å²) in [5.74, 6) is -0.102. The van der Waals surface area contributed by atoms with Crippen LogP contribution in [0.5, 0.6) is 0 Å². The van der Waals surface area contributed by atoms with Gasteiger partial charge in [0.1, 0.15) is 6.04 Å². The van der Waals surface area contributed by atoms with Gasteiger partial charge in [-0.1, -0.05) is 79.2 Å². The molecule has 0 fully saturated rings. The average Bonchev–Trinajstić information content (AvgIpc) is 2.77. The van der Waals surface area contributed by atoms with E-state index in [9.17, 15) is 9.59 Å². The number of amides is 2. The van der Waals surface area contributed by atoms with E-state index in [1.54, 1.807) is 4.90 Å². The molecule has 0 radical (unpaired) electrons. The fraction of sp³-hybridized carbons (Fsp3) is 0.379. The number of aryl methyl sites for hydroxylation is 2. The largest absolute Gasteiger partial charge is 0.350 e. The molecule has 0 spiro atoms. The van der Waals surface area contributed by atoms with E-state index in [0.29, 0.717) is 25.8 Å². The molecule has 4 heteroatoms. The van der Waals surface area contributed by atoms with Crippen LogP contribution < -0.4 is 5.32 Å². The first-order chi connectivity index (χ1) is 15.7. The Hall–Kier alpha value is -3.14. The van der Waals surface area contributed by atoms with Gasteiger partial charge in [-0.2, -0.15) is 0 Å². The van der Waals surface area contributed by atoms with Crippen LogP contribution in [-0.4, -0.2) is 28.3 Å². The molecule has 174 valence electrons. The van der Waals surface area contributed by atoms with Gasteiger partial charge < -0.3 is 10.2 Å². The SMILES string of the molecule is CC[C@H](C(=O)NC(C)(C)C)N(Cc1ccc(C)cc1)C(=O)CCc1cccc2ccccc12. The molecule has 2 amide bonds. The van der Waals surface area contributed by atoms with Crippen molar-refractivity contribution in [3.8, 4) is 0 Å². The zero-order valence-electron chi connectivity index (χ0n) is 20.5. The van der Waals surface area contributed by atoms with Crippen molar-refractivity contribution in [1.29, 1.82) is 0 Å². The van der Waals surface area contributed by atoms with Crippen LogP contribution >= 0.6 is 0 Å². The first-order valence-electron chi connectivity index (χ1n) is 11.8. The molecule has 33 heavy (non-hydrogen) atoms. The first-order valence-corrected chi connectivity index (χ1v) is 11.8. The molecular formula is C29H36N2O2. The molecule has 0 aliphatic heterocycles. The van der Waals surface area contributed by atoms with Crippen molar-refractivity contribution >= 4 is 22.6 Å². The minimum absolute atomic E-state index is 0.000539. The maximum atomic E-state index is 13.5. The second-order valence-electron chi connectivity index (χ2n) is 9.81. The van der Waals surface area contributed by atoms with Gasteiger partial charge in [0.05, 0.1) is 0 Å². The predicted molar refractivity (Wildman–Crippen MR) is 136 cm³/mol. The van der Waals surface area contributed by atoms with Gasteiger partial charge in [0, 0.05) is 18.5 Å². The van der Waals surface area contributed by atoms with E-state index in [1.807, 2.05) is 77.1 Å². The van der Waals surface area contributed by atoms with Crippen molar-refractivity contribution in [3.05, 3.63) is 83.4 Å². The Labute approximate surface area is 198 Å². The van der Waals surface area contributed by atoms with Gasteiger partial charge in [-0.3, -0.25) is 9.59 Å². The summed E-state index contributed by atoms with van der Waals surface area (Å²) in [6.45, 7) is 10.3. The number of nitrogens with zero attached hydrogens (tertiary/aromatic N) is 1. The molecule has 3 rings (SSSR count). The van der Waals surface area contributed by atoms with Crippen LogP contribution in [0.15, 0.2) is 66.7 Å². The van der Waals surface area contributed by atoms with Crippen molar-refractivity contribution in [3.63, 3.8) is 0 Å². The lowest BCUT2D eigenvalue weighted by Crippen LogP contribution is -2.53. The van der Waals surface area contributed by atoms with Crippen molar-refractivity contribution in [1.82, 2.24) is 10.2 Å². The first kappa shape index (κ1) is 24.5. The topological polar surface area (TPSA) is 49.4 Å². The second-order valence-corrected chi connectivity index (χ2v) is 9.81. The molecule has 1 atom stereocenters. The Morgan fingerprint density at radius 3 is 2.27 bits per heavy atom. The standard InChI is InChI=1S/C29H36N2O2/c1-6-26(28(33)30-29(3,4)5)31(20-22-16-14-21(2)15-17-22)27(32)19-18-24-12-9-11-23-10-7-8-13-25(23)24/h7-17,26H,6,18-20H2,1-5H3,(H,30,33)/t26-/m1/s1. The van der Waals surface area contributed by atoms with E-state index in [-0.39, 0.29) is 17.4 Å². The fourth-order valence-corrected chi connectivity index (χ4v) is 4.16. The van der Waals surface area contributed by atoms with E-state index >= 15 is 0 Å². The molecule has 1 N–H and O–H groups in total. The van der Waals surface area contributed by atoms with Gasteiger partial charge in [0.2, 0.25) is 11.8 Å². The van der Waals surface area contributed by atoms with Crippen molar-refractivity contribution < 1.29 is 9.59 Å². The van der Waals surface area contributed by atoms with Gasteiger partial charge in [-0.25, -0.2) is 0 Å². The van der Waals surface area contributed by atoms with Crippen LogP contribution in [-0.2, 0) is 22.6 Å². The van der Waals surface area contributed by atoms with Crippen molar-refractivity contribution in [2.24, 2.45) is 0 Å². The maximum absolute atomic E-state index is 13.5. The third kappa shape index (κ3) is 6.67. The fourth-order valence-electron chi connectivity index (χ4n) is 4.16. The number of hydrogen-bond acceptors (Lipinski definition) is 2. The van der Waals surface area contributed by atoms with Crippen LogP contribution in [0.2, 0.25) is 0 Å². The lowest BCUT2D eigenvalue weighted by molar-refractivity contribution is -0.142. The summed E-state index contributed by atoms with van der Waals surface area (Å²) in [6.07, 6.45) is 1.56. The van der Waals surface area contributed by atoms with Gasteiger partial charge in [0.25, 0.3) is 0 Å². The van der Waals surface area contributed by atoms with E-state index in [2.05, 4.69) is 29.6 Å². The molecule has 3 aromatic rings. The normalized spacial score (nSPS) is 12.4. The van der Waals surface area contributed by atoms with Crippen LogP contribution in [0.25, 0.3) is 10.8 Å². The minimum atomic E-state index is -0.509. The highest BCUT2D eigenvalue weighted by Crippen LogP contribution is 2.21. The number of nitrogens with one attached hydrogen (secondary N) is 1. The van der Waals surface area contributed by atoms with E-state index in [1.165, 1.54) is 16.3 Å². The number of fused-ring (bicyclic) bond motifs is 1. The number of benzene rings is 3. The summed E-state index contributed by atoms with van der Waals surface area (Å²) in [5.41, 5.74) is 3.00. The molecule has 0 aliphatic rings. The Balaban J connectivity index is 1.84. The summed E-state index contributed by atoms with van der Waals surface area (Å²) < 4.78 is 0. The lowest BCUT2D eigenvalue weighted by atomic mass is 10.00. The van der Waals surface area contributed by atoms with Crippen LogP contribution in [0.4, 0.5) is 0 Å². The maximum Gasteiger partial charge on any atom is 0.243 e. The van der Waals surface area contributed by atoms with Gasteiger partial charge in [-0.15, -0.1) is 0 Å². The molecule has 0 bridgehead atoms. The highest BCUT2D eigenvalue weighted by Gasteiger charge is 2.30. The van der Waals surface area contributed by atoms with Crippen LogP contribution in [0.3, 0.4) is 0 Å². The molecule has 3 aromatic carbocycles. The highest BCUT2D eigenvalue weighted by atomic mass is 16.2. The number of rotatable bonds is 8. The zero-order valence-corrected chi connectivity index (χ0v) is 20.5. The molecule has 0 saturated heterocycles. The molecule has 0 saturated carbocycles. The summed E-state index contributed by atoms with van der Waals surface area (Å²) >= 11 is 0. The summed E-state index contributed by atoms with van der Waals surface area (Å²) in [6, 6.07) is 22.1. The smallest absolute Gasteiger partial charge is 0.243 e. The molecular weight excluding hydrogens is 408 g/mol. The third-order valence-electron chi connectivity index (χ3n) is 5.85. The van der Waals surface area contributed by atoms with Gasteiger partial charge in [0.15, 0.2) is 0 Å². The van der Waals surface area contributed by atoms with Gasteiger partial charge in [-0.05, 0) is 62.4 Å². The number of carbonyl (C=O) groups is 2. The van der Waals surface area contributed by atoms with E-state index in [0.717, 1.165) is 11.1 Å². The Morgan fingerprint density at radius 2 is 1.61 bits per heavy atom.